The lowest BCUT2D eigenvalue weighted by Crippen LogP contribution is -2.26. The first kappa shape index (κ1) is 14.4. The quantitative estimate of drug-likeness (QED) is 0.834. The van der Waals surface area contributed by atoms with Crippen molar-refractivity contribution in [1.29, 1.82) is 0 Å². The van der Waals surface area contributed by atoms with Crippen molar-refractivity contribution in [3.8, 4) is 0 Å². The maximum Gasteiger partial charge on any atom is 0.222 e. The molecule has 1 aliphatic rings. The average molecular weight is 306 g/mol. The molecule has 3 rings (SSSR count). The summed E-state index contributed by atoms with van der Waals surface area (Å²) in [6.07, 6.45) is 3.46. The molecule has 21 heavy (non-hydrogen) atoms. The number of aryl methyl sites for hydroxylation is 3. The molecular formula is C16H20ClN3O. The number of aromatic nitrogens is 2. The zero-order chi connectivity index (χ0) is 14.8. The van der Waals surface area contributed by atoms with E-state index in [0.717, 1.165) is 36.1 Å². The van der Waals surface area contributed by atoms with Gasteiger partial charge in [-0.1, -0.05) is 6.07 Å². The molecule has 1 aromatic carbocycles. The van der Waals surface area contributed by atoms with E-state index in [0.29, 0.717) is 24.9 Å². The molecule has 0 radical (unpaired) electrons. The van der Waals surface area contributed by atoms with Crippen LogP contribution in [0.4, 0.5) is 0 Å². The molecule has 1 N–H and O–H groups in total. The molecule has 2 aromatic rings. The van der Waals surface area contributed by atoms with E-state index in [2.05, 4.69) is 33.9 Å². The number of hydrogen-bond acceptors (Lipinski definition) is 2. The van der Waals surface area contributed by atoms with Crippen molar-refractivity contribution in [2.24, 2.45) is 0 Å². The van der Waals surface area contributed by atoms with Crippen molar-refractivity contribution >= 4 is 28.5 Å². The second-order valence-electron chi connectivity index (χ2n) is 5.70. The van der Waals surface area contributed by atoms with Crippen molar-refractivity contribution in [3.63, 3.8) is 0 Å². The number of benzene rings is 1. The number of halogens is 1. The van der Waals surface area contributed by atoms with Gasteiger partial charge in [-0.25, -0.2) is 4.98 Å². The zero-order valence-corrected chi connectivity index (χ0v) is 13.0. The molecule has 1 saturated carbocycles. The Morgan fingerprint density at radius 3 is 3.00 bits per heavy atom. The van der Waals surface area contributed by atoms with Gasteiger partial charge in [0.15, 0.2) is 0 Å². The molecule has 1 aliphatic carbocycles. The molecule has 1 aromatic heterocycles. The van der Waals surface area contributed by atoms with Gasteiger partial charge in [-0.15, -0.1) is 11.6 Å². The fourth-order valence-electron chi connectivity index (χ4n) is 2.55. The van der Waals surface area contributed by atoms with Crippen LogP contribution < -0.4 is 5.32 Å². The number of alkyl halides is 1. The first-order chi connectivity index (χ1) is 10.2. The van der Waals surface area contributed by atoms with Gasteiger partial charge in [0, 0.05) is 31.3 Å². The minimum Gasteiger partial charge on any atom is -0.353 e. The summed E-state index contributed by atoms with van der Waals surface area (Å²) in [5.41, 5.74) is 3.26. The highest BCUT2D eigenvalue weighted by molar-refractivity contribution is 6.17. The van der Waals surface area contributed by atoms with Crippen LogP contribution in [0.5, 0.6) is 0 Å². The van der Waals surface area contributed by atoms with Crippen LogP contribution in [0.1, 0.15) is 30.7 Å². The highest BCUT2D eigenvalue weighted by Crippen LogP contribution is 2.20. The summed E-state index contributed by atoms with van der Waals surface area (Å²) >= 11 is 5.87. The van der Waals surface area contributed by atoms with E-state index >= 15 is 0 Å². The maximum absolute atomic E-state index is 11.9. The Kier molecular flexibility index (Phi) is 4.15. The smallest absolute Gasteiger partial charge is 0.222 e. The van der Waals surface area contributed by atoms with E-state index in [-0.39, 0.29) is 5.91 Å². The van der Waals surface area contributed by atoms with Gasteiger partial charge in [-0.3, -0.25) is 4.79 Å². The third-order valence-electron chi connectivity index (χ3n) is 3.81. The maximum atomic E-state index is 11.9. The second kappa shape index (κ2) is 6.06. The lowest BCUT2D eigenvalue weighted by molar-refractivity contribution is -0.121. The molecule has 0 unspecified atom stereocenters. The molecule has 1 heterocycles. The largest absolute Gasteiger partial charge is 0.353 e. The van der Waals surface area contributed by atoms with Crippen LogP contribution in [0, 0.1) is 6.92 Å². The molecule has 4 nitrogen and oxygen atoms in total. The monoisotopic (exact) mass is 305 g/mol. The molecule has 0 spiro atoms. The van der Waals surface area contributed by atoms with Crippen LogP contribution in [0.3, 0.4) is 0 Å². The van der Waals surface area contributed by atoms with Crippen LogP contribution >= 0.6 is 11.6 Å². The lowest BCUT2D eigenvalue weighted by atomic mass is 10.2. The fraction of sp³-hybridized carbons (Fsp3) is 0.500. The standard InChI is InChI=1S/C16H20ClN3O/c1-11-2-5-13-14(10-11)20(15(19-13)6-8-17)9-7-16(21)18-12-3-4-12/h2,5,10,12H,3-4,6-9H2,1H3,(H,18,21). The number of amides is 1. The van der Waals surface area contributed by atoms with E-state index in [9.17, 15) is 4.79 Å². The molecule has 1 fully saturated rings. The Balaban J connectivity index is 1.81. The van der Waals surface area contributed by atoms with Crippen LogP contribution in [0.25, 0.3) is 11.0 Å². The van der Waals surface area contributed by atoms with Crippen LogP contribution in [-0.2, 0) is 17.8 Å². The molecule has 5 heteroatoms. The van der Waals surface area contributed by atoms with Gasteiger partial charge < -0.3 is 9.88 Å². The van der Waals surface area contributed by atoms with E-state index in [1.54, 1.807) is 0 Å². The SMILES string of the molecule is Cc1ccc2nc(CCCl)n(CCC(=O)NC3CC3)c2c1. The van der Waals surface area contributed by atoms with Crippen LogP contribution in [0.15, 0.2) is 18.2 Å². The third-order valence-corrected chi connectivity index (χ3v) is 3.99. The highest BCUT2D eigenvalue weighted by Gasteiger charge is 2.23. The van der Waals surface area contributed by atoms with E-state index in [1.807, 2.05) is 6.07 Å². The van der Waals surface area contributed by atoms with Gasteiger partial charge in [0.25, 0.3) is 0 Å². The van der Waals surface area contributed by atoms with Crippen molar-refractivity contribution in [1.82, 2.24) is 14.9 Å². The second-order valence-corrected chi connectivity index (χ2v) is 6.08. The van der Waals surface area contributed by atoms with Gasteiger partial charge in [0.2, 0.25) is 5.91 Å². The van der Waals surface area contributed by atoms with Gasteiger partial charge >= 0.3 is 0 Å². The summed E-state index contributed by atoms with van der Waals surface area (Å²) in [4.78, 5) is 16.5. The summed E-state index contributed by atoms with van der Waals surface area (Å²) in [5.74, 6) is 1.63. The summed E-state index contributed by atoms with van der Waals surface area (Å²) < 4.78 is 2.14. The number of rotatable bonds is 6. The Hall–Kier alpha value is -1.55. The number of nitrogens with one attached hydrogen (secondary N) is 1. The van der Waals surface area contributed by atoms with Crippen molar-refractivity contribution < 1.29 is 4.79 Å². The first-order valence-electron chi connectivity index (χ1n) is 7.48. The minimum atomic E-state index is 0.129. The number of hydrogen-bond donors (Lipinski definition) is 1. The zero-order valence-electron chi connectivity index (χ0n) is 12.2. The highest BCUT2D eigenvalue weighted by atomic mass is 35.5. The van der Waals surface area contributed by atoms with Gasteiger partial charge in [-0.2, -0.15) is 0 Å². The summed E-state index contributed by atoms with van der Waals surface area (Å²) in [6.45, 7) is 2.72. The van der Waals surface area contributed by atoms with Crippen molar-refractivity contribution in [2.45, 2.75) is 45.2 Å². The Morgan fingerprint density at radius 1 is 1.48 bits per heavy atom. The number of carbonyl (C=O) groups is 1. The van der Waals surface area contributed by atoms with E-state index < -0.39 is 0 Å². The number of fused-ring (bicyclic) bond motifs is 1. The van der Waals surface area contributed by atoms with E-state index in [4.69, 9.17) is 11.6 Å². The predicted molar refractivity (Wildman–Crippen MR) is 84.7 cm³/mol. The molecule has 0 bridgehead atoms. The van der Waals surface area contributed by atoms with E-state index in [1.165, 1.54) is 5.56 Å². The number of imidazole rings is 1. The average Bonchev–Trinajstić information content (AvgIpc) is 3.19. The van der Waals surface area contributed by atoms with Crippen molar-refractivity contribution in [2.75, 3.05) is 5.88 Å². The normalized spacial score (nSPS) is 14.6. The Bertz CT molecular complexity index is 661. The molecule has 0 saturated heterocycles. The Labute approximate surface area is 129 Å². The minimum absolute atomic E-state index is 0.129. The van der Waals surface area contributed by atoms with Gasteiger partial charge in [0.05, 0.1) is 11.0 Å². The van der Waals surface area contributed by atoms with Gasteiger partial charge in [-0.05, 0) is 37.5 Å². The van der Waals surface area contributed by atoms with Crippen molar-refractivity contribution in [3.05, 3.63) is 29.6 Å². The topological polar surface area (TPSA) is 46.9 Å². The summed E-state index contributed by atoms with van der Waals surface area (Å²) in [5, 5.41) is 3.03. The van der Waals surface area contributed by atoms with Crippen LogP contribution in [-0.4, -0.2) is 27.4 Å². The third kappa shape index (κ3) is 3.38. The fourth-order valence-corrected chi connectivity index (χ4v) is 2.72. The molecule has 112 valence electrons. The molecule has 0 aliphatic heterocycles. The summed E-state index contributed by atoms with van der Waals surface area (Å²) in [6, 6.07) is 6.63. The van der Waals surface area contributed by atoms with Gasteiger partial charge in [0.1, 0.15) is 5.82 Å². The number of nitrogens with zero attached hydrogens (tertiary/aromatic N) is 2. The first-order valence-corrected chi connectivity index (χ1v) is 8.02. The predicted octanol–water partition coefficient (Wildman–Crippen LogP) is 2.79. The molecule has 1 amide bonds. The molecular weight excluding hydrogens is 286 g/mol. The summed E-state index contributed by atoms with van der Waals surface area (Å²) in [7, 11) is 0. The number of carbonyl (C=O) groups excluding carboxylic acids is 1. The van der Waals surface area contributed by atoms with Crippen LogP contribution in [0.2, 0.25) is 0 Å². The Morgan fingerprint density at radius 2 is 2.29 bits per heavy atom. The lowest BCUT2D eigenvalue weighted by Gasteiger charge is -2.09. The molecule has 0 atom stereocenters.